The van der Waals surface area contributed by atoms with Gasteiger partial charge in [0.2, 0.25) is 10.2 Å². The van der Waals surface area contributed by atoms with Gasteiger partial charge in [-0.1, -0.05) is 29.6 Å². The number of carbonyl (C=O) groups is 2. The van der Waals surface area contributed by atoms with Crippen LogP contribution in [-0.4, -0.2) is 80.8 Å². The third kappa shape index (κ3) is 7.02. The van der Waals surface area contributed by atoms with Crippen molar-refractivity contribution < 1.29 is 30.0 Å². The number of nitrogens with zero attached hydrogens (tertiary/aromatic N) is 3. The van der Waals surface area contributed by atoms with E-state index in [9.17, 15) is 44.4 Å². The molecule has 4 unspecified atom stereocenters. The number of hydrogen-bond donors (Lipinski definition) is 4. The highest BCUT2D eigenvalue weighted by Crippen LogP contribution is 2.14. The molecule has 14 heteroatoms. The summed E-state index contributed by atoms with van der Waals surface area (Å²) in [6, 6.07) is 0. The van der Waals surface area contributed by atoms with Crippen LogP contribution < -0.4 is 17.1 Å². The molecule has 0 aliphatic rings. The summed E-state index contributed by atoms with van der Waals surface area (Å²) in [6.07, 6.45) is -3.80. The molecule has 0 aliphatic heterocycles. The van der Waals surface area contributed by atoms with Gasteiger partial charge in [-0.3, -0.25) is 9.59 Å². The highest BCUT2D eigenvalue weighted by molar-refractivity contribution is 8.14. The summed E-state index contributed by atoms with van der Waals surface area (Å²) in [6.45, 7) is 3.60. The second kappa shape index (κ2) is 12.2. The molecule has 1 aromatic rings. The number of aliphatic hydroxyl groups excluding tert-OH is 4. The molecule has 0 saturated carbocycles. The second-order valence-corrected chi connectivity index (χ2v) is 8.35. The first-order chi connectivity index (χ1) is 14.5. The fourth-order valence-corrected chi connectivity index (χ4v) is 3.58. The Kier molecular flexibility index (Phi) is 10.6. The van der Waals surface area contributed by atoms with Crippen molar-refractivity contribution in [1.29, 1.82) is 0 Å². The Morgan fingerprint density at radius 2 is 1.42 bits per heavy atom. The zero-order valence-corrected chi connectivity index (χ0v) is 18.5. The number of hydrogen-bond acceptors (Lipinski definition) is 11. The molecule has 0 amide bonds. The van der Waals surface area contributed by atoms with Crippen molar-refractivity contribution in [2.75, 3.05) is 12.0 Å². The van der Waals surface area contributed by atoms with Crippen LogP contribution in [0.1, 0.15) is 6.92 Å². The van der Waals surface area contributed by atoms with E-state index in [0.29, 0.717) is 37.2 Å². The summed E-state index contributed by atoms with van der Waals surface area (Å²) in [7, 11) is 0. The Labute approximate surface area is 184 Å². The minimum absolute atomic E-state index is 0.214. The van der Waals surface area contributed by atoms with Gasteiger partial charge in [-0.15, -0.1) is 6.58 Å². The summed E-state index contributed by atoms with van der Waals surface area (Å²) < 4.78 is 1.94. The molecule has 0 aromatic carbocycles. The molecule has 31 heavy (non-hydrogen) atoms. The lowest BCUT2D eigenvalue weighted by atomic mass is 10.2. The lowest BCUT2D eigenvalue weighted by Crippen LogP contribution is -2.56. The maximum Gasteiger partial charge on any atom is 0.336 e. The third-order valence-electron chi connectivity index (χ3n) is 3.94. The van der Waals surface area contributed by atoms with Crippen LogP contribution in [0.3, 0.4) is 0 Å². The summed E-state index contributed by atoms with van der Waals surface area (Å²) in [5.41, 5.74) is -3.00. The standard InChI is InChI=1S/C17H25N3O9S2/c1-4-5-18-15(27)19(6-9(2)21)17(29)20(16(18)28)7-10(22)8-31-14(26)12(24)11(23)13(25)30-3/h4,9-12,21-24H,1,5-8H2,2-3H3. The molecule has 174 valence electrons. The molecule has 1 heterocycles. The third-order valence-corrected chi connectivity index (χ3v) is 5.66. The van der Waals surface area contributed by atoms with Crippen LogP contribution in [0.25, 0.3) is 0 Å². The Balaban J connectivity index is 3.07. The van der Waals surface area contributed by atoms with Crippen molar-refractivity contribution in [2.45, 2.75) is 51.0 Å². The van der Waals surface area contributed by atoms with E-state index in [0.717, 1.165) is 0 Å². The molecular formula is C17H25N3O9S2. The van der Waals surface area contributed by atoms with E-state index in [1.54, 1.807) is 0 Å². The zero-order chi connectivity index (χ0) is 23.9. The topological polar surface area (TPSA) is 181 Å². The second-order valence-electron chi connectivity index (χ2n) is 6.51. The minimum Gasteiger partial charge on any atom is -0.392 e. The molecule has 0 aliphatic carbocycles. The summed E-state index contributed by atoms with van der Waals surface area (Å²) in [4.78, 5) is 60.7. The molecule has 4 N–H and O–H groups in total. The van der Waals surface area contributed by atoms with Crippen LogP contribution in [0.5, 0.6) is 0 Å². The van der Waals surface area contributed by atoms with Crippen LogP contribution in [-0.2, 0) is 29.2 Å². The molecule has 1 aromatic heterocycles. The monoisotopic (exact) mass is 479 g/mol. The first-order valence-electron chi connectivity index (χ1n) is 8.98. The fraction of sp³-hybridized carbons (Fsp3) is 0.588. The number of thioether (sulfide) groups is 2. The minimum atomic E-state index is -2.00. The molecular weight excluding hydrogens is 454 g/mol. The molecule has 0 radical (unpaired) electrons. The molecule has 12 nitrogen and oxygen atoms in total. The van der Waals surface area contributed by atoms with Crippen molar-refractivity contribution in [3.8, 4) is 0 Å². The molecule has 0 saturated heterocycles. The van der Waals surface area contributed by atoms with Crippen molar-refractivity contribution in [1.82, 2.24) is 13.7 Å². The Morgan fingerprint density at radius 3 is 1.90 bits per heavy atom. The first-order valence-corrected chi connectivity index (χ1v) is 11.2. The molecule has 0 fully saturated rings. The van der Waals surface area contributed by atoms with Crippen LogP contribution in [0, 0.1) is 0 Å². The van der Waals surface area contributed by atoms with Crippen LogP contribution in [0.15, 0.2) is 27.0 Å². The highest BCUT2D eigenvalue weighted by atomic mass is 32.2. The average molecular weight is 480 g/mol. The van der Waals surface area contributed by atoms with Crippen molar-refractivity contribution in [2.24, 2.45) is 0 Å². The van der Waals surface area contributed by atoms with Gasteiger partial charge < -0.3 is 20.4 Å². The van der Waals surface area contributed by atoms with E-state index < -0.39 is 58.3 Å². The highest BCUT2D eigenvalue weighted by Gasteiger charge is 2.30. The van der Waals surface area contributed by atoms with Crippen molar-refractivity contribution in [3.05, 3.63) is 44.1 Å². The zero-order valence-electron chi connectivity index (χ0n) is 16.9. The van der Waals surface area contributed by atoms with E-state index in [1.165, 1.54) is 19.3 Å². The number of carbonyl (C=O) groups excluding carboxylic acids is 2. The Hall–Kier alpha value is -1.97. The quantitative estimate of drug-likeness (QED) is 0.237. The van der Waals surface area contributed by atoms with E-state index in [-0.39, 0.29) is 18.8 Å². The molecule has 0 spiro atoms. The lowest BCUT2D eigenvalue weighted by molar-refractivity contribution is -0.133. The average Bonchev–Trinajstić information content (AvgIpc) is 2.73. The van der Waals surface area contributed by atoms with Crippen LogP contribution >= 0.6 is 23.5 Å². The fourth-order valence-electron chi connectivity index (χ4n) is 2.45. The smallest absolute Gasteiger partial charge is 0.336 e. The largest absolute Gasteiger partial charge is 0.392 e. The van der Waals surface area contributed by atoms with Crippen molar-refractivity contribution in [3.63, 3.8) is 0 Å². The van der Waals surface area contributed by atoms with Gasteiger partial charge in [0.25, 0.3) is 0 Å². The molecule has 4 atom stereocenters. The van der Waals surface area contributed by atoms with Crippen LogP contribution in [0.2, 0.25) is 0 Å². The van der Waals surface area contributed by atoms with Gasteiger partial charge >= 0.3 is 17.1 Å². The van der Waals surface area contributed by atoms with Crippen molar-refractivity contribution >= 4 is 33.8 Å². The molecule has 1 rings (SSSR count). The van der Waals surface area contributed by atoms with E-state index in [4.69, 9.17) is 0 Å². The number of aromatic nitrogens is 3. The van der Waals surface area contributed by atoms with Gasteiger partial charge in [-0.2, -0.15) is 0 Å². The van der Waals surface area contributed by atoms with Gasteiger partial charge in [0, 0.05) is 5.75 Å². The van der Waals surface area contributed by atoms with E-state index >= 15 is 0 Å². The Morgan fingerprint density at radius 1 is 0.935 bits per heavy atom. The summed E-state index contributed by atoms with van der Waals surface area (Å²) >= 11 is 1.04. The molecule has 0 bridgehead atoms. The first kappa shape index (κ1) is 27.1. The number of allylic oxidation sites excluding steroid dienone is 1. The van der Waals surface area contributed by atoms with Gasteiger partial charge in [0.05, 0.1) is 31.8 Å². The normalized spacial score (nSPS) is 15.2. The lowest BCUT2D eigenvalue weighted by Gasteiger charge is -2.17. The number of aliphatic hydroxyl groups is 4. The Bertz CT molecular complexity index is 983. The predicted molar refractivity (Wildman–Crippen MR) is 115 cm³/mol. The summed E-state index contributed by atoms with van der Waals surface area (Å²) in [5.74, 6) is -0.376. The van der Waals surface area contributed by atoms with Gasteiger partial charge in [0.1, 0.15) is 0 Å². The maximum atomic E-state index is 12.6. The van der Waals surface area contributed by atoms with Gasteiger partial charge in [-0.05, 0) is 13.2 Å². The predicted octanol–water partition coefficient (Wildman–Crippen LogP) is -3.03. The summed E-state index contributed by atoms with van der Waals surface area (Å²) in [5, 5.41) is 37.2. The van der Waals surface area contributed by atoms with E-state index in [2.05, 4.69) is 6.58 Å². The maximum absolute atomic E-state index is 12.6. The SMILES string of the molecule is C=CCn1c(=O)n(CC(C)O)c(=O)n(CC(O)CSC(=O)C(O)C(O)C(=O)SC)c1=O. The van der Waals surface area contributed by atoms with Gasteiger partial charge in [-0.25, -0.2) is 28.1 Å². The van der Waals surface area contributed by atoms with Crippen LogP contribution in [0.4, 0.5) is 0 Å². The van der Waals surface area contributed by atoms with E-state index in [1.807, 2.05) is 0 Å². The van der Waals surface area contributed by atoms with Gasteiger partial charge in [0.15, 0.2) is 12.2 Å². The number of rotatable bonds is 11.